The molecule has 1 aromatic carbocycles. The van der Waals surface area contributed by atoms with Gasteiger partial charge in [-0.2, -0.15) is 4.98 Å². The van der Waals surface area contributed by atoms with Gasteiger partial charge >= 0.3 is 0 Å². The van der Waals surface area contributed by atoms with Gasteiger partial charge in [0.1, 0.15) is 17.3 Å². The zero-order chi connectivity index (χ0) is 22.0. The molecule has 162 valence electrons. The summed E-state index contributed by atoms with van der Waals surface area (Å²) in [6.07, 6.45) is 7.84. The molecular formula is C21H17F3N8. The lowest BCUT2D eigenvalue weighted by atomic mass is 9.99. The minimum atomic E-state index is -1.52. The Morgan fingerprint density at radius 2 is 1.84 bits per heavy atom. The summed E-state index contributed by atoms with van der Waals surface area (Å²) in [6, 6.07) is 1.88. The smallest absolute Gasteiger partial charge is 0.237 e. The van der Waals surface area contributed by atoms with Crippen molar-refractivity contribution >= 4 is 5.82 Å². The van der Waals surface area contributed by atoms with Crippen LogP contribution in [-0.4, -0.2) is 40.8 Å². The molecule has 0 amide bonds. The van der Waals surface area contributed by atoms with Crippen LogP contribution in [0.2, 0.25) is 0 Å². The minimum Gasteiger partial charge on any atom is -0.344 e. The highest BCUT2D eigenvalue weighted by Gasteiger charge is 2.37. The van der Waals surface area contributed by atoms with Crippen LogP contribution < -0.4 is 4.90 Å². The third kappa shape index (κ3) is 2.66. The van der Waals surface area contributed by atoms with Gasteiger partial charge in [-0.1, -0.05) is 0 Å². The van der Waals surface area contributed by atoms with E-state index in [-0.39, 0.29) is 17.4 Å². The fourth-order valence-electron chi connectivity index (χ4n) is 4.55. The first kappa shape index (κ1) is 19.0. The van der Waals surface area contributed by atoms with Crippen molar-refractivity contribution < 1.29 is 13.2 Å². The predicted octanol–water partition coefficient (Wildman–Crippen LogP) is 3.68. The zero-order valence-corrected chi connectivity index (χ0v) is 17.0. The van der Waals surface area contributed by atoms with Crippen molar-refractivity contribution in [2.45, 2.75) is 32.2 Å². The van der Waals surface area contributed by atoms with Crippen molar-refractivity contribution in [1.29, 1.82) is 0 Å². The maximum Gasteiger partial charge on any atom is 0.237 e. The molecule has 2 aliphatic rings. The predicted molar refractivity (Wildman–Crippen MR) is 108 cm³/mol. The van der Waals surface area contributed by atoms with E-state index in [2.05, 4.69) is 25.1 Å². The summed E-state index contributed by atoms with van der Waals surface area (Å²) in [5.41, 5.74) is 0.866. The van der Waals surface area contributed by atoms with Gasteiger partial charge < -0.3 is 4.90 Å². The maximum atomic E-state index is 13.8. The molecule has 0 aliphatic carbocycles. The van der Waals surface area contributed by atoms with E-state index >= 15 is 0 Å². The normalized spacial score (nSPS) is 17.1. The zero-order valence-electron chi connectivity index (χ0n) is 17.0. The summed E-state index contributed by atoms with van der Waals surface area (Å²) in [7, 11) is 0. The van der Waals surface area contributed by atoms with Gasteiger partial charge in [-0.25, -0.2) is 23.1 Å². The third-order valence-corrected chi connectivity index (χ3v) is 6.00. The molecule has 6 rings (SSSR count). The molecule has 1 unspecified atom stereocenters. The van der Waals surface area contributed by atoms with E-state index in [1.165, 1.54) is 10.8 Å². The Bertz CT molecular complexity index is 1340. The Balaban J connectivity index is 1.50. The topological polar surface area (TPSA) is 77.5 Å². The number of hydrogen-bond donors (Lipinski definition) is 0. The van der Waals surface area contributed by atoms with Gasteiger partial charge in [-0.3, -0.25) is 9.13 Å². The van der Waals surface area contributed by atoms with Crippen LogP contribution >= 0.6 is 0 Å². The van der Waals surface area contributed by atoms with E-state index in [1.807, 2.05) is 11.5 Å². The second-order valence-electron chi connectivity index (χ2n) is 7.90. The van der Waals surface area contributed by atoms with Gasteiger partial charge in [0.05, 0.1) is 12.2 Å². The number of benzene rings is 1. The molecule has 2 aliphatic heterocycles. The quantitative estimate of drug-likeness (QED) is 0.445. The molecule has 0 radical (unpaired) electrons. The molecule has 8 nitrogen and oxygen atoms in total. The van der Waals surface area contributed by atoms with Gasteiger partial charge in [0.25, 0.3) is 0 Å². The van der Waals surface area contributed by atoms with Gasteiger partial charge in [-0.05, 0) is 38.3 Å². The van der Waals surface area contributed by atoms with Gasteiger partial charge in [0.2, 0.25) is 5.95 Å². The standard InChI is InChI=1S/C21H17F3N8/c1-11-28-29-20-15-4-2-3-6-30(15)19-16(32(11)20)10-26-21(27-19)31-7-5-25-18(31)12-8-13(22)17(24)14(23)9-12/h5,7-10,15H,2-4,6H2,1H3. The van der Waals surface area contributed by atoms with E-state index in [0.717, 1.165) is 61.1 Å². The SMILES string of the molecule is Cc1nnc2n1-c1cnc(-n3ccnc3-c3cc(F)c(F)c(F)c3)nc1N1CCCCC21. The lowest BCUT2D eigenvalue weighted by Gasteiger charge is -2.40. The van der Waals surface area contributed by atoms with Crippen LogP contribution in [0.3, 0.4) is 0 Å². The summed E-state index contributed by atoms with van der Waals surface area (Å²) in [6.45, 7) is 2.71. The number of aryl methyl sites for hydroxylation is 1. The number of rotatable bonds is 2. The summed E-state index contributed by atoms with van der Waals surface area (Å²) >= 11 is 0. The average molecular weight is 438 g/mol. The molecular weight excluding hydrogens is 421 g/mol. The van der Waals surface area contributed by atoms with Gasteiger partial charge in [0.15, 0.2) is 29.1 Å². The Labute approximate surface area is 180 Å². The molecule has 0 N–H and O–H groups in total. The first-order chi connectivity index (χ1) is 15.5. The Morgan fingerprint density at radius 1 is 1.03 bits per heavy atom. The van der Waals surface area contributed by atoms with Crippen LogP contribution in [0, 0.1) is 24.4 Å². The molecule has 4 aromatic rings. The Kier molecular flexibility index (Phi) is 4.07. The van der Waals surface area contributed by atoms with Crippen molar-refractivity contribution in [2.75, 3.05) is 11.4 Å². The number of imidazole rings is 1. The number of piperidine rings is 1. The number of nitrogens with zero attached hydrogens (tertiary/aromatic N) is 8. The van der Waals surface area contributed by atoms with Gasteiger partial charge in [-0.15, -0.1) is 10.2 Å². The van der Waals surface area contributed by atoms with Crippen molar-refractivity contribution in [2.24, 2.45) is 0 Å². The van der Waals surface area contributed by atoms with E-state index in [1.54, 1.807) is 12.4 Å². The Hall–Kier alpha value is -3.76. The van der Waals surface area contributed by atoms with Crippen LogP contribution in [0.25, 0.3) is 23.0 Å². The number of hydrogen-bond acceptors (Lipinski definition) is 6. The first-order valence-corrected chi connectivity index (χ1v) is 10.3. The molecule has 1 saturated heterocycles. The van der Waals surface area contributed by atoms with Crippen molar-refractivity contribution in [3.8, 4) is 23.0 Å². The van der Waals surface area contributed by atoms with Crippen molar-refractivity contribution in [3.05, 3.63) is 59.8 Å². The molecule has 0 spiro atoms. The minimum absolute atomic E-state index is 0.0720. The Morgan fingerprint density at radius 3 is 2.66 bits per heavy atom. The van der Waals surface area contributed by atoms with E-state index in [4.69, 9.17) is 4.98 Å². The maximum absolute atomic E-state index is 13.8. The summed E-state index contributed by atoms with van der Waals surface area (Å²) < 4.78 is 44.6. The first-order valence-electron chi connectivity index (χ1n) is 10.3. The summed E-state index contributed by atoms with van der Waals surface area (Å²) in [5, 5.41) is 8.64. The molecule has 5 heterocycles. The molecule has 11 heteroatoms. The van der Waals surface area contributed by atoms with Crippen LogP contribution in [-0.2, 0) is 0 Å². The summed E-state index contributed by atoms with van der Waals surface area (Å²) in [4.78, 5) is 15.7. The second kappa shape index (κ2) is 6.87. The largest absolute Gasteiger partial charge is 0.344 e. The van der Waals surface area contributed by atoms with Crippen molar-refractivity contribution in [1.82, 2.24) is 34.3 Å². The van der Waals surface area contributed by atoms with Crippen LogP contribution in [0.4, 0.5) is 19.0 Å². The summed E-state index contributed by atoms with van der Waals surface area (Å²) in [5.74, 6) is -1.22. The van der Waals surface area contributed by atoms with E-state index in [0.29, 0.717) is 5.95 Å². The molecule has 1 atom stereocenters. The monoisotopic (exact) mass is 438 g/mol. The number of aromatic nitrogens is 7. The average Bonchev–Trinajstić information content (AvgIpc) is 3.44. The number of fused-ring (bicyclic) bond motifs is 6. The lowest BCUT2D eigenvalue weighted by molar-refractivity contribution is 0.436. The molecule has 1 fully saturated rings. The fraction of sp³-hybridized carbons (Fsp3) is 0.286. The fourth-order valence-corrected chi connectivity index (χ4v) is 4.55. The lowest BCUT2D eigenvalue weighted by Crippen LogP contribution is -2.39. The van der Waals surface area contributed by atoms with E-state index in [9.17, 15) is 13.2 Å². The molecule has 3 aromatic heterocycles. The number of halogens is 3. The highest BCUT2D eigenvalue weighted by Crippen LogP contribution is 2.41. The van der Waals surface area contributed by atoms with Gasteiger partial charge in [0, 0.05) is 24.5 Å². The van der Waals surface area contributed by atoms with E-state index < -0.39 is 17.5 Å². The third-order valence-electron chi connectivity index (χ3n) is 6.00. The highest BCUT2D eigenvalue weighted by molar-refractivity contribution is 5.64. The molecule has 0 saturated carbocycles. The second-order valence-corrected chi connectivity index (χ2v) is 7.90. The molecule has 32 heavy (non-hydrogen) atoms. The van der Waals surface area contributed by atoms with Crippen molar-refractivity contribution in [3.63, 3.8) is 0 Å². The number of anilines is 1. The highest BCUT2D eigenvalue weighted by atomic mass is 19.2. The molecule has 0 bridgehead atoms. The van der Waals surface area contributed by atoms with Crippen LogP contribution in [0.1, 0.15) is 37.0 Å². The van der Waals surface area contributed by atoms with Crippen LogP contribution in [0.15, 0.2) is 30.7 Å². The van der Waals surface area contributed by atoms with Crippen LogP contribution in [0.5, 0.6) is 0 Å².